The van der Waals surface area contributed by atoms with Crippen LogP contribution in [0.1, 0.15) is 44.5 Å². The van der Waals surface area contributed by atoms with Gasteiger partial charge in [0.25, 0.3) is 0 Å². The highest BCUT2D eigenvalue weighted by Gasteiger charge is 2.63. The van der Waals surface area contributed by atoms with E-state index in [4.69, 9.17) is 0 Å². The van der Waals surface area contributed by atoms with Crippen LogP contribution in [0.25, 0.3) is 33.4 Å². The number of rotatable bonds is 0. The first-order valence-corrected chi connectivity index (χ1v) is 16.0. The molecule has 42 heavy (non-hydrogen) atoms. The van der Waals surface area contributed by atoms with Gasteiger partial charge in [0.15, 0.2) is 0 Å². The molecule has 6 aromatic rings. The third-order valence-electron chi connectivity index (χ3n) is 10.2. The molecule has 2 spiro atoms. The molecule has 10 rings (SSSR count). The number of fused-ring (bicyclic) bond motifs is 18. The third kappa shape index (κ3) is 2.46. The van der Waals surface area contributed by atoms with Crippen molar-refractivity contribution in [3.05, 3.63) is 187 Å². The minimum absolute atomic E-state index is 0.416. The monoisotopic (exact) mass is 660 g/mol. The molecule has 0 saturated heterocycles. The molecule has 0 nitrogen and oxygen atoms in total. The molecule has 0 fully saturated rings. The lowest BCUT2D eigenvalue weighted by atomic mass is 9.66. The molecular weight excluding hydrogens is 640 g/mol. The van der Waals surface area contributed by atoms with Gasteiger partial charge in [-0.1, -0.05) is 141 Å². The number of allylic oxidation sites excluding steroid dienone is 2. The Morgan fingerprint density at radius 2 is 0.619 bits per heavy atom. The van der Waals surface area contributed by atoms with Crippen LogP contribution in [0.5, 0.6) is 0 Å². The zero-order chi connectivity index (χ0) is 27.8. The van der Waals surface area contributed by atoms with Crippen LogP contribution < -0.4 is 0 Å². The minimum Gasteiger partial charge on any atom is -0.0619 e. The predicted molar refractivity (Wildman–Crippen MR) is 179 cm³/mol. The van der Waals surface area contributed by atoms with Crippen molar-refractivity contribution < 1.29 is 0 Å². The lowest BCUT2D eigenvalue weighted by Gasteiger charge is -2.35. The molecule has 0 saturated carbocycles. The Bertz CT molecular complexity index is 1980. The van der Waals surface area contributed by atoms with Crippen LogP contribution in [0.3, 0.4) is 0 Å². The normalized spacial score (nSPS) is 16.6. The Hall–Kier alpha value is -3.98. The standard InChI is InChI=1S/C40H22Br2/c41-23-17-19-29-35(21-23)39(31-13-5-1-9-25(31)26-10-2-6-14-32(26)39)37-30-20-18-24(42)22-36(30)40(38(29)37)33-15-7-3-11-27(33)28-12-4-8-16-34(28)40/h1-22H. The molecule has 0 aromatic heterocycles. The average Bonchev–Trinajstić information content (AvgIpc) is 3.69. The molecular formula is C40H22Br2. The fourth-order valence-corrected chi connectivity index (χ4v) is 9.72. The van der Waals surface area contributed by atoms with Gasteiger partial charge in [-0.2, -0.15) is 0 Å². The summed E-state index contributed by atoms with van der Waals surface area (Å²) in [7, 11) is 0. The van der Waals surface area contributed by atoms with Crippen LogP contribution in [0.4, 0.5) is 0 Å². The second kappa shape index (κ2) is 7.89. The zero-order valence-electron chi connectivity index (χ0n) is 22.5. The van der Waals surface area contributed by atoms with Crippen LogP contribution in [0.15, 0.2) is 142 Å². The van der Waals surface area contributed by atoms with Crippen molar-refractivity contribution >= 4 is 43.0 Å². The van der Waals surface area contributed by atoms with Gasteiger partial charge >= 0.3 is 0 Å². The lowest BCUT2D eigenvalue weighted by Crippen LogP contribution is -2.28. The van der Waals surface area contributed by atoms with Crippen molar-refractivity contribution in [1.82, 2.24) is 0 Å². The Morgan fingerprint density at radius 1 is 0.310 bits per heavy atom. The molecule has 4 aliphatic carbocycles. The summed E-state index contributed by atoms with van der Waals surface area (Å²) in [5.74, 6) is 0. The van der Waals surface area contributed by atoms with E-state index >= 15 is 0 Å². The average molecular weight is 662 g/mol. The van der Waals surface area contributed by atoms with Crippen LogP contribution in [0.2, 0.25) is 0 Å². The summed E-state index contributed by atoms with van der Waals surface area (Å²) in [5.41, 5.74) is 18.3. The molecule has 196 valence electrons. The topological polar surface area (TPSA) is 0 Å². The maximum atomic E-state index is 3.90. The fraction of sp³-hybridized carbons (Fsp3) is 0.0500. The van der Waals surface area contributed by atoms with Gasteiger partial charge in [-0.15, -0.1) is 0 Å². The van der Waals surface area contributed by atoms with E-state index in [9.17, 15) is 0 Å². The van der Waals surface area contributed by atoms with E-state index < -0.39 is 10.8 Å². The summed E-state index contributed by atoms with van der Waals surface area (Å²) >= 11 is 7.80. The largest absolute Gasteiger partial charge is 0.0729 e. The van der Waals surface area contributed by atoms with E-state index in [1.165, 1.54) is 77.9 Å². The first-order chi connectivity index (χ1) is 20.7. The van der Waals surface area contributed by atoms with Crippen molar-refractivity contribution in [3.8, 4) is 22.3 Å². The zero-order valence-corrected chi connectivity index (χ0v) is 25.6. The maximum absolute atomic E-state index is 3.90. The molecule has 2 heteroatoms. The quantitative estimate of drug-likeness (QED) is 0.152. The highest BCUT2D eigenvalue weighted by Crippen LogP contribution is 2.74. The molecule has 0 bridgehead atoms. The third-order valence-corrected chi connectivity index (χ3v) is 11.2. The van der Waals surface area contributed by atoms with E-state index in [1.54, 1.807) is 0 Å². The van der Waals surface area contributed by atoms with Crippen LogP contribution in [-0.4, -0.2) is 0 Å². The molecule has 0 N–H and O–H groups in total. The summed E-state index contributed by atoms with van der Waals surface area (Å²) < 4.78 is 2.22. The predicted octanol–water partition coefficient (Wildman–Crippen LogP) is 10.8. The second-order valence-corrected chi connectivity index (χ2v) is 13.6. The van der Waals surface area contributed by atoms with Gasteiger partial charge in [0.2, 0.25) is 0 Å². The molecule has 4 aliphatic rings. The first kappa shape index (κ1) is 23.6. The van der Waals surface area contributed by atoms with E-state index in [0.29, 0.717) is 0 Å². The van der Waals surface area contributed by atoms with Gasteiger partial charge in [-0.3, -0.25) is 0 Å². The molecule has 0 unspecified atom stereocenters. The van der Waals surface area contributed by atoms with E-state index in [1.807, 2.05) is 0 Å². The lowest BCUT2D eigenvalue weighted by molar-refractivity contribution is 0.825. The van der Waals surface area contributed by atoms with Crippen molar-refractivity contribution in [3.63, 3.8) is 0 Å². The Kier molecular flexibility index (Phi) is 4.43. The van der Waals surface area contributed by atoms with Gasteiger partial charge < -0.3 is 0 Å². The Labute approximate surface area is 261 Å². The summed E-state index contributed by atoms with van der Waals surface area (Å²) in [6.45, 7) is 0. The second-order valence-electron chi connectivity index (χ2n) is 11.8. The van der Waals surface area contributed by atoms with Gasteiger partial charge in [0.05, 0.1) is 10.8 Å². The highest BCUT2D eigenvalue weighted by atomic mass is 79.9. The Morgan fingerprint density at radius 3 is 0.952 bits per heavy atom. The molecule has 0 amide bonds. The van der Waals surface area contributed by atoms with Gasteiger partial charge in [0.1, 0.15) is 0 Å². The number of hydrogen-bond acceptors (Lipinski definition) is 0. The molecule has 0 atom stereocenters. The van der Waals surface area contributed by atoms with Crippen molar-refractivity contribution in [2.24, 2.45) is 0 Å². The first-order valence-electron chi connectivity index (χ1n) is 14.4. The summed E-state index contributed by atoms with van der Waals surface area (Å²) in [6, 6.07) is 50.3. The number of hydrogen-bond donors (Lipinski definition) is 0. The summed E-state index contributed by atoms with van der Waals surface area (Å²) in [4.78, 5) is 0. The van der Waals surface area contributed by atoms with Crippen molar-refractivity contribution in [2.75, 3.05) is 0 Å². The van der Waals surface area contributed by atoms with Gasteiger partial charge in [-0.05, 0) is 102 Å². The SMILES string of the molecule is Brc1ccc2c(c1)C1(C3=C2C2(c4cc(Br)ccc43)c3ccccc3-c3ccccc32)c2ccccc2-c2ccccc21. The summed E-state index contributed by atoms with van der Waals surface area (Å²) in [5, 5.41) is 0. The molecule has 0 heterocycles. The van der Waals surface area contributed by atoms with E-state index in [0.717, 1.165) is 8.95 Å². The maximum Gasteiger partial charge on any atom is 0.0729 e. The fourth-order valence-electron chi connectivity index (χ4n) is 9.00. The summed E-state index contributed by atoms with van der Waals surface area (Å²) in [6.07, 6.45) is 0. The molecule has 0 aliphatic heterocycles. The van der Waals surface area contributed by atoms with Crippen LogP contribution in [0, 0.1) is 0 Å². The number of halogens is 2. The van der Waals surface area contributed by atoms with Crippen molar-refractivity contribution in [1.29, 1.82) is 0 Å². The van der Waals surface area contributed by atoms with Crippen LogP contribution >= 0.6 is 31.9 Å². The molecule has 0 radical (unpaired) electrons. The number of benzene rings is 6. The van der Waals surface area contributed by atoms with Crippen molar-refractivity contribution in [2.45, 2.75) is 10.8 Å². The van der Waals surface area contributed by atoms with Gasteiger partial charge in [-0.25, -0.2) is 0 Å². The highest BCUT2D eigenvalue weighted by molar-refractivity contribution is 9.10. The van der Waals surface area contributed by atoms with Crippen LogP contribution in [-0.2, 0) is 10.8 Å². The Balaban J connectivity index is 1.48. The smallest absolute Gasteiger partial charge is 0.0619 e. The minimum atomic E-state index is -0.416. The van der Waals surface area contributed by atoms with Gasteiger partial charge in [0, 0.05) is 8.95 Å². The molecule has 6 aromatic carbocycles. The van der Waals surface area contributed by atoms with E-state index in [2.05, 4.69) is 165 Å². The van der Waals surface area contributed by atoms with E-state index in [-0.39, 0.29) is 0 Å².